The van der Waals surface area contributed by atoms with Gasteiger partial charge in [-0.1, -0.05) is 11.6 Å². The van der Waals surface area contributed by atoms with E-state index in [-0.39, 0.29) is 5.91 Å². The van der Waals surface area contributed by atoms with Crippen LogP contribution in [0.1, 0.15) is 21.5 Å². The molecule has 7 heteroatoms. The van der Waals surface area contributed by atoms with Crippen molar-refractivity contribution >= 4 is 23.7 Å². The molecule has 0 aliphatic carbocycles. The third kappa shape index (κ3) is 5.31. The number of nitrogens with zero attached hydrogens (tertiary/aromatic N) is 2. The van der Waals surface area contributed by atoms with E-state index in [2.05, 4.69) is 15.5 Å². The normalized spacial score (nSPS) is 10.6. The number of aromatic nitrogens is 1. The van der Waals surface area contributed by atoms with Gasteiger partial charge in [-0.05, 0) is 60.2 Å². The van der Waals surface area contributed by atoms with Crippen molar-refractivity contribution in [1.82, 2.24) is 10.4 Å². The molecule has 1 amide bonds. The Morgan fingerprint density at radius 3 is 2.75 bits per heavy atom. The molecule has 6 nitrogen and oxygen atoms in total. The quantitative estimate of drug-likeness (QED) is 0.483. The van der Waals surface area contributed by atoms with Crippen LogP contribution in [-0.2, 0) is 6.61 Å². The second kappa shape index (κ2) is 9.53. The molecule has 1 heterocycles. The highest BCUT2D eigenvalue weighted by molar-refractivity contribution is 6.30. The summed E-state index contributed by atoms with van der Waals surface area (Å²) in [4.78, 5) is 15.9. The summed E-state index contributed by atoms with van der Waals surface area (Å²) in [6.45, 7) is 0.314. The smallest absolute Gasteiger partial charge is 0.272 e. The van der Waals surface area contributed by atoms with E-state index in [1.54, 1.807) is 55.9 Å². The van der Waals surface area contributed by atoms with E-state index < -0.39 is 0 Å². The number of carbonyl (C=O) groups excluding carboxylic acids is 1. The average molecular weight is 396 g/mol. The molecule has 2 aromatic carbocycles. The lowest BCUT2D eigenvalue weighted by molar-refractivity contribution is 0.0955. The van der Waals surface area contributed by atoms with Crippen LogP contribution in [0.4, 0.5) is 0 Å². The fourth-order valence-corrected chi connectivity index (χ4v) is 2.54. The first kappa shape index (κ1) is 19.4. The lowest BCUT2D eigenvalue weighted by atomic mass is 10.1. The minimum absolute atomic E-state index is 0.314. The summed E-state index contributed by atoms with van der Waals surface area (Å²) in [5.41, 5.74) is 4.55. The zero-order valence-corrected chi connectivity index (χ0v) is 15.9. The Morgan fingerprint density at radius 1 is 1.21 bits per heavy atom. The Hall–Kier alpha value is -3.38. The first-order chi connectivity index (χ1) is 13.7. The van der Waals surface area contributed by atoms with Gasteiger partial charge in [0.15, 0.2) is 0 Å². The number of halogens is 1. The third-order valence-electron chi connectivity index (χ3n) is 3.82. The number of hydrogen-bond acceptors (Lipinski definition) is 5. The molecule has 1 N–H and O–H groups in total. The molecule has 0 saturated carbocycles. The van der Waals surface area contributed by atoms with Crippen molar-refractivity contribution in [2.24, 2.45) is 5.10 Å². The number of ether oxygens (including phenoxy) is 2. The predicted octanol–water partition coefficient (Wildman–Crippen LogP) is 4.09. The number of rotatable bonds is 7. The largest absolute Gasteiger partial charge is 0.496 e. The van der Waals surface area contributed by atoms with Crippen molar-refractivity contribution in [1.29, 1.82) is 0 Å². The molecule has 0 unspecified atom stereocenters. The minimum atomic E-state index is -0.329. The van der Waals surface area contributed by atoms with Gasteiger partial charge in [0.2, 0.25) is 0 Å². The van der Waals surface area contributed by atoms with Gasteiger partial charge < -0.3 is 9.47 Å². The SMILES string of the molecule is COc1ccc(C=NNC(=O)c2cccnc2)cc1COc1ccc(Cl)cc1. The van der Waals surface area contributed by atoms with Crippen molar-refractivity contribution < 1.29 is 14.3 Å². The van der Waals surface area contributed by atoms with Crippen LogP contribution in [0.25, 0.3) is 0 Å². The molecule has 0 saturated heterocycles. The molecule has 3 aromatic rings. The number of carbonyl (C=O) groups is 1. The van der Waals surface area contributed by atoms with Crippen molar-refractivity contribution in [2.75, 3.05) is 7.11 Å². The Labute approximate surface area is 167 Å². The molecule has 0 fully saturated rings. The molecule has 0 spiro atoms. The van der Waals surface area contributed by atoms with Crippen molar-refractivity contribution in [3.63, 3.8) is 0 Å². The second-order valence-electron chi connectivity index (χ2n) is 5.75. The van der Waals surface area contributed by atoms with E-state index >= 15 is 0 Å². The second-order valence-corrected chi connectivity index (χ2v) is 6.19. The molecule has 0 radical (unpaired) electrons. The van der Waals surface area contributed by atoms with E-state index in [9.17, 15) is 4.79 Å². The highest BCUT2D eigenvalue weighted by atomic mass is 35.5. The number of pyridine rings is 1. The van der Waals surface area contributed by atoms with Gasteiger partial charge in [-0.2, -0.15) is 5.10 Å². The van der Waals surface area contributed by atoms with Gasteiger partial charge in [0.1, 0.15) is 18.1 Å². The Morgan fingerprint density at radius 2 is 2.04 bits per heavy atom. The summed E-state index contributed by atoms with van der Waals surface area (Å²) in [6, 6.07) is 16.0. The number of benzene rings is 2. The van der Waals surface area contributed by atoms with Crippen LogP contribution in [0.5, 0.6) is 11.5 Å². The lowest BCUT2D eigenvalue weighted by Gasteiger charge is -2.11. The van der Waals surface area contributed by atoms with Gasteiger partial charge in [-0.15, -0.1) is 0 Å². The maximum atomic E-state index is 12.0. The summed E-state index contributed by atoms with van der Waals surface area (Å²) < 4.78 is 11.2. The fraction of sp³-hybridized carbons (Fsp3) is 0.0952. The third-order valence-corrected chi connectivity index (χ3v) is 4.07. The Bertz CT molecular complexity index is 960. The highest BCUT2D eigenvalue weighted by Gasteiger charge is 2.06. The lowest BCUT2D eigenvalue weighted by Crippen LogP contribution is -2.17. The van der Waals surface area contributed by atoms with Crippen molar-refractivity contribution in [3.05, 3.63) is 88.7 Å². The molecule has 1 aromatic heterocycles. The summed E-state index contributed by atoms with van der Waals surface area (Å²) in [5.74, 6) is 1.07. The van der Waals surface area contributed by atoms with Crippen LogP contribution in [-0.4, -0.2) is 24.2 Å². The van der Waals surface area contributed by atoms with Gasteiger partial charge in [0, 0.05) is 23.0 Å². The van der Waals surface area contributed by atoms with Crippen LogP contribution in [0.3, 0.4) is 0 Å². The standard InChI is InChI=1S/C21H18ClN3O3/c1-27-20-9-4-15(12-24-25-21(26)16-3-2-10-23-13-16)11-17(20)14-28-19-7-5-18(22)6-8-19/h2-13H,14H2,1H3,(H,25,26). The van der Waals surface area contributed by atoms with Crippen LogP contribution in [0.15, 0.2) is 72.1 Å². The summed E-state index contributed by atoms with van der Waals surface area (Å²) in [7, 11) is 1.60. The van der Waals surface area contributed by atoms with Crippen LogP contribution < -0.4 is 14.9 Å². The first-order valence-corrected chi connectivity index (χ1v) is 8.82. The zero-order valence-electron chi connectivity index (χ0n) is 15.1. The molecule has 0 bridgehead atoms. The topological polar surface area (TPSA) is 72.8 Å². The first-order valence-electron chi connectivity index (χ1n) is 8.44. The maximum Gasteiger partial charge on any atom is 0.272 e. The van der Waals surface area contributed by atoms with Gasteiger partial charge in [-0.3, -0.25) is 9.78 Å². The van der Waals surface area contributed by atoms with E-state index in [4.69, 9.17) is 21.1 Å². The van der Waals surface area contributed by atoms with Gasteiger partial charge in [0.05, 0.1) is 18.9 Å². The number of nitrogens with one attached hydrogen (secondary N) is 1. The molecule has 142 valence electrons. The van der Waals surface area contributed by atoms with E-state index in [0.717, 1.165) is 11.1 Å². The monoisotopic (exact) mass is 395 g/mol. The number of amides is 1. The Kier molecular flexibility index (Phi) is 6.59. The molecule has 0 atom stereocenters. The summed E-state index contributed by atoms with van der Waals surface area (Å²) in [5, 5.41) is 4.64. The molecule has 0 aliphatic rings. The van der Waals surface area contributed by atoms with E-state index in [1.807, 2.05) is 18.2 Å². The molecule has 28 heavy (non-hydrogen) atoms. The van der Waals surface area contributed by atoms with Crippen molar-refractivity contribution in [2.45, 2.75) is 6.61 Å². The number of hydrazone groups is 1. The fourth-order valence-electron chi connectivity index (χ4n) is 2.41. The van der Waals surface area contributed by atoms with E-state index in [1.165, 1.54) is 6.20 Å². The van der Waals surface area contributed by atoms with Crippen LogP contribution in [0, 0.1) is 0 Å². The molecule has 0 aliphatic heterocycles. The van der Waals surface area contributed by atoms with E-state index in [0.29, 0.717) is 28.7 Å². The highest BCUT2D eigenvalue weighted by Crippen LogP contribution is 2.22. The maximum absolute atomic E-state index is 12.0. The van der Waals surface area contributed by atoms with Gasteiger partial charge >= 0.3 is 0 Å². The minimum Gasteiger partial charge on any atom is -0.496 e. The van der Waals surface area contributed by atoms with Gasteiger partial charge in [-0.25, -0.2) is 5.43 Å². The molecule has 3 rings (SSSR count). The summed E-state index contributed by atoms with van der Waals surface area (Å²) >= 11 is 5.88. The average Bonchev–Trinajstić information content (AvgIpc) is 2.74. The number of methoxy groups -OCH3 is 1. The Balaban J connectivity index is 1.66. The molecular weight excluding hydrogens is 378 g/mol. The summed E-state index contributed by atoms with van der Waals surface area (Å²) in [6.07, 6.45) is 4.63. The van der Waals surface area contributed by atoms with Crippen LogP contribution >= 0.6 is 11.6 Å². The molecular formula is C21H18ClN3O3. The predicted molar refractivity (Wildman–Crippen MR) is 108 cm³/mol. The van der Waals surface area contributed by atoms with Crippen LogP contribution in [0.2, 0.25) is 5.02 Å². The van der Waals surface area contributed by atoms with Crippen molar-refractivity contribution in [3.8, 4) is 11.5 Å². The zero-order chi connectivity index (χ0) is 19.8. The number of hydrogen-bond donors (Lipinski definition) is 1. The van der Waals surface area contributed by atoms with Gasteiger partial charge in [0.25, 0.3) is 5.91 Å².